The van der Waals surface area contributed by atoms with Crippen LogP contribution in [0, 0.1) is 5.41 Å². The first-order valence-corrected chi connectivity index (χ1v) is 11.7. The lowest BCUT2D eigenvalue weighted by molar-refractivity contribution is -0.274. The van der Waals surface area contributed by atoms with Crippen LogP contribution in [-0.2, 0) is 15.1 Å². The van der Waals surface area contributed by atoms with Gasteiger partial charge in [0.15, 0.2) is 0 Å². The SMILES string of the molecule is CN1CCC2(CCN(C3(c4ccc(Oc5ccc(OC(F)(F)F)cc5)cc4)C(=O)NC(=O)NC3=O)C2)C1. The number of benzene rings is 2. The highest BCUT2D eigenvalue weighted by atomic mass is 19.4. The van der Waals surface area contributed by atoms with Gasteiger partial charge in [0.05, 0.1) is 0 Å². The highest BCUT2D eigenvalue weighted by Crippen LogP contribution is 2.45. The first-order chi connectivity index (χ1) is 17.5. The van der Waals surface area contributed by atoms with Crippen molar-refractivity contribution in [1.82, 2.24) is 20.4 Å². The number of imide groups is 2. The number of hydrogen-bond donors (Lipinski definition) is 2. The Morgan fingerprint density at radius 3 is 1.89 bits per heavy atom. The quantitative estimate of drug-likeness (QED) is 0.587. The van der Waals surface area contributed by atoms with Crippen LogP contribution in [0.4, 0.5) is 18.0 Å². The van der Waals surface area contributed by atoms with Crippen molar-refractivity contribution >= 4 is 17.8 Å². The molecule has 3 aliphatic heterocycles. The Balaban J connectivity index is 1.40. The molecule has 0 saturated carbocycles. The van der Waals surface area contributed by atoms with Crippen molar-refractivity contribution in [2.24, 2.45) is 5.41 Å². The Morgan fingerprint density at radius 2 is 1.35 bits per heavy atom. The molecule has 196 valence electrons. The number of carbonyl (C=O) groups is 3. The molecule has 4 amide bonds. The van der Waals surface area contributed by atoms with Crippen molar-refractivity contribution in [3.05, 3.63) is 54.1 Å². The molecule has 1 spiro atoms. The van der Waals surface area contributed by atoms with Crippen LogP contribution in [0.15, 0.2) is 48.5 Å². The highest BCUT2D eigenvalue weighted by Gasteiger charge is 2.59. The Hall–Kier alpha value is -3.64. The topological polar surface area (TPSA) is 100 Å². The second-order valence-corrected chi connectivity index (χ2v) is 9.75. The van der Waals surface area contributed by atoms with Crippen molar-refractivity contribution in [3.8, 4) is 17.2 Å². The van der Waals surface area contributed by atoms with Gasteiger partial charge in [-0.05, 0) is 73.8 Å². The summed E-state index contributed by atoms with van der Waals surface area (Å²) in [5, 5.41) is 4.51. The van der Waals surface area contributed by atoms with E-state index in [-0.39, 0.29) is 16.9 Å². The number of likely N-dealkylation sites (tertiary alicyclic amines) is 2. The zero-order chi connectivity index (χ0) is 26.4. The van der Waals surface area contributed by atoms with Crippen LogP contribution in [-0.4, -0.2) is 67.2 Å². The first-order valence-electron chi connectivity index (χ1n) is 11.7. The maximum absolute atomic E-state index is 13.3. The van der Waals surface area contributed by atoms with Gasteiger partial charge in [0.25, 0.3) is 11.8 Å². The molecule has 3 fully saturated rings. The van der Waals surface area contributed by atoms with Crippen molar-refractivity contribution < 1.29 is 37.0 Å². The van der Waals surface area contributed by atoms with Crippen molar-refractivity contribution in [2.75, 3.05) is 33.2 Å². The minimum atomic E-state index is -4.79. The average Bonchev–Trinajstić information content (AvgIpc) is 3.40. The zero-order valence-electron chi connectivity index (χ0n) is 19.9. The summed E-state index contributed by atoms with van der Waals surface area (Å²) in [5.41, 5.74) is -1.39. The Bertz CT molecular complexity index is 1200. The molecule has 0 bridgehead atoms. The molecule has 5 rings (SSSR count). The molecule has 2 N–H and O–H groups in total. The van der Waals surface area contributed by atoms with Gasteiger partial charge in [-0.25, -0.2) is 4.79 Å². The van der Waals surface area contributed by atoms with Gasteiger partial charge in [-0.2, -0.15) is 0 Å². The third-order valence-corrected chi connectivity index (χ3v) is 7.22. The molecule has 0 aliphatic carbocycles. The van der Waals surface area contributed by atoms with Crippen molar-refractivity contribution in [2.45, 2.75) is 24.7 Å². The number of amides is 4. The number of halogens is 3. The Kier molecular flexibility index (Phi) is 6.11. The largest absolute Gasteiger partial charge is 0.573 e. The number of nitrogens with zero attached hydrogens (tertiary/aromatic N) is 2. The Labute approximate surface area is 210 Å². The summed E-state index contributed by atoms with van der Waals surface area (Å²) < 4.78 is 46.7. The van der Waals surface area contributed by atoms with Crippen LogP contribution >= 0.6 is 0 Å². The molecule has 3 saturated heterocycles. The van der Waals surface area contributed by atoms with Crippen molar-refractivity contribution in [1.29, 1.82) is 0 Å². The number of rotatable bonds is 5. The molecule has 0 radical (unpaired) electrons. The van der Waals surface area contributed by atoms with Gasteiger partial charge in [0.2, 0.25) is 5.54 Å². The van der Waals surface area contributed by atoms with E-state index >= 15 is 0 Å². The van der Waals surface area contributed by atoms with Crippen LogP contribution < -0.4 is 20.1 Å². The van der Waals surface area contributed by atoms with Gasteiger partial charge < -0.3 is 14.4 Å². The number of barbiturate groups is 1. The Morgan fingerprint density at radius 1 is 0.811 bits per heavy atom. The van der Waals surface area contributed by atoms with Gasteiger partial charge in [0.1, 0.15) is 17.2 Å². The predicted molar refractivity (Wildman–Crippen MR) is 124 cm³/mol. The highest BCUT2D eigenvalue weighted by molar-refractivity contribution is 6.22. The van der Waals surface area contributed by atoms with Crippen LogP contribution in [0.5, 0.6) is 17.2 Å². The molecule has 0 aromatic heterocycles. The summed E-state index contributed by atoms with van der Waals surface area (Å²) in [6, 6.07) is 10.3. The molecule has 9 nitrogen and oxygen atoms in total. The van der Waals surface area contributed by atoms with Gasteiger partial charge >= 0.3 is 12.4 Å². The lowest BCUT2D eigenvalue weighted by Gasteiger charge is -2.42. The van der Waals surface area contributed by atoms with Crippen LogP contribution in [0.2, 0.25) is 0 Å². The lowest BCUT2D eigenvalue weighted by atomic mass is 9.83. The zero-order valence-corrected chi connectivity index (χ0v) is 19.9. The van der Waals surface area contributed by atoms with E-state index in [1.54, 1.807) is 24.3 Å². The van der Waals surface area contributed by atoms with Gasteiger partial charge in [-0.15, -0.1) is 13.2 Å². The van der Waals surface area contributed by atoms with E-state index in [1.165, 1.54) is 12.1 Å². The maximum Gasteiger partial charge on any atom is 0.573 e. The molecular formula is C25H25F3N4O5. The fourth-order valence-electron chi connectivity index (χ4n) is 5.58. The summed E-state index contributed by atoms with van der Waals surface area (Å²) >= 11 is 0. The molecule has 1 unspecified atom stereocenters. The van der Waals surface area contributed by atoms with E-state index in [2.05, 4.69) is 20.3 Å². The summed E-state index contributed by atoms with van der Waals surface area (Å²) in [5.74, 6) is -1.19. The van der Waals surface area contributed by atoms with E-state index < -0.39 is 29.7 Å². The summed E-state index contributed by atoms with van der Waals surface area (Å²) in [6.45, 7) is 2.83. The van der Waals surface area contributed by atoms with E-state index in [0.717, 1.165) is 38.1 Å². The average molecular weight is 518 g/mol. The second-order valence-electron chi connectivity index (χ2n) is 9.75. The third-order valence-electron chi connectivity index (χ3n) is 7.22. The standard InChI is InChI=1S/C25H25F3N4O5/c1-31-12-10-23(14-31)11-13-32(15-23)24(20(33)29-22(35)30-21(24)34)16-2-4-17(5-3-16)36-18-6-8-19(9-7-18)37-25(26,27)28/h2-9H,10-15H2,1H3,(H2,29,30,33,34,35). The smallest absolute Gasteiger partial charge is 0.457 e. The summed E-state index contributed by atoms with van der Waals surface area (Å²) in [4.78, 5) is 42.6. The number of alkyl halides is 3. The maximum atomic E-state index is 13.3. The lowest BCUT2D eigenvalue weighted by Crippen LogP contribution is -2.70. The molecule has 37 heavy (non-hydrogen) atoms. The fraction of sp³-hybridized carbons (Fsp3) is 0.400. The molecule has 1 atom stereocenters. The second kappa shape index (κ2) is 9.03. The minimum absolute atomic E-state index is 0.0329. The molecular weight excluding hydrogens is 493 g/mol. The number of carbonyl (C=O) groups excluding carboxylic acids is 3. The monoisotopic (exact) mass is 518 g/mol. The van der Waals surface area contributed by atoms with Gasteiger partial charge in [-0.3, -0.25) is 25.1 Å². The number of nitrogens with one attached hydrogen (secondary N) is 2. The predicted octanol–water partition coefficient (Wildman–Crippen LogP) is 2.97. The third kappa shape index (κ3) is 4.74. The fourth-order valence-corrected chi connectivity index (χ4v) is 5.58. The summed E-state index contributed by atoms with van der Waals surface area (Å²) in [7, 11) is 2.04. The minimum Gasteiger partial charge on any atom is -0.457 e. The van der Waals surface area contributed by atoms with Crippen LogP contribution in [0.1, 0.15) is 18.4 Å². The van der Waals surface area contributed by atoms with E-state index in [0.29, 0.717) is 24.4 Å². The molecule has 2 aromatic rings. The number of ether oxygens (including phenoxy) is 2. The van der Waals surface area contributed by atoms with E-state index in [9.17, 15) is 27.6 Å². The summed E-state index contributed by atoms with van der Waals surface area (Å²) in [6.07, 6.45) is -3.01. The van der Waals surface area contributed by atoms with Crippen LogP contribution in [0.3, 0.4) is 0 Å². The molecule has 12 heteroatoms. The molecule has 2 aromatic carbocycles. The normalized spacial score (nSPS) is 24.3. The van der Waals surface area contributed by atoms with E-state index in [1.807, 2.05) is 11.9 Å². The molecule has 3 heterocycles. The first kappa shape index (κ1) is 25.0. The van der Waals surface area contributed by atoms with Crippen molar-refractivity contribution in [3.63, 3.8) is 0 Å². The van der Waals surface area contributed by atoms with E-state index in [4.69, 9.17) is 4.74 Å². The van der Waals surface area contributed by atoms with Gasteiger partial charge in [0, 0.05) is 19.6 Å². The number of urea groups is 1. The van der Waals surface area contributed by atoms with Crippen LogP contribution in [0.25, 0.3) is 0 Å². The van der Waals surface area contributed by atoms with Gasteiger partial charge in [-0.1, -0.05) is 12.1 Å². The number of hydrogen-bond acceptors (Lipinski definition) is 7. The molecule has 3 aliphatic rings.